The van der Waals surface area contributed by atoms with E-state index in [2.05, 4.69) is 0 Å². The van der Waals surface area contributed by atoms with Crippen molar-refractivity contribution in [3.8, 4) is 11.1 Å². The van der Waals surface area contributed by atoms with E-state index in [1.807, 2.05) is 67.3 Å². The van der Waals surface area contributed by atoms with Crippen molar-refractivity contribution < 1.29 is 14.7 Å². The summed E-state index contributed by atoms with van der Waals surface area (Å²) in [4.78, 5) is 27.0. The second-order valence-electron chi connectivity index (χ2n) is 6.74. The van der Waals surface area contributed by atoms with Crippen LogP contribution >= 0.6 is 0 Å². The summed E-state index contributed by atoms with van der Waals surface area (Å²) >= 11 is 0. The van der Waals surface area contributed by atoms with Gasteiger partial charge in [0.05, 0.1) is 0 Å². The standard InChI is InChI=1S/C21H20N2O3.C2H6/c1-22-12-10-16-13-15(6-9-18(16)20(22)21(25)26)14-4-7-17(8-5-14)23-11-2-3-19(23)24;1-2/h4-10,13H,2-3,11-12H2,1H3,(H,25,26);1-2H3. The number of benzene rings is 2. The Morgan fingerprint density at radius 2 is 1.71 bits per heavy atom. The van der Waals surface area contributed by atoms with Gasteiger partial charge < -0.3 is 14.9 Å². The quantitative estimate of drug-likeness (QED) is 0.891. The van der Waals surface area contributed by atoms with Gasteiger partial charge in [0.1, 0.15) is 5.70 Å². The summed E-state index contributed by atoms with van der Waals surface area (Å²) in [7, 11) is 1.79. The summed E-state index contributed by atoms with van der Waals surface area (Å²) in [6, 6.07) is 13.8. The molecule has 2 aliphatic heterocycles. The third kappa shape index (κ3) is 3.65. The molecule has 1 fully saturated rings. The molecule has 0 atom stereocenters. The normalized spacial score (nSPS) is 15.5. The molecule has 5 nitrogen and oxygen atoms in total. The summed E-state index contributed by atoms with van der Waals surface area (Å²) in [5.74, 6) is -0.726. The fourth-order valence-electron chi connectivity index (χ4n) is 3.69. The average molecular weight is 378 g/mol. The number of fused-ring (bicyclic) bond motifs is 1. The van der Waals surface area contributed by atoms with Gasteiger partial charge in [-0.15, -0.1) is 0 Å². The zero-order chi connectivity index (χ0) is 20.3. The number of nitrogens with zero attached hydrogens (tertiary/aromatic N) is 2. The summed E-state index contributed by atoms with van der Waals surface area (Å²) in [6.07, 6.45) is 3.58. The van der Waals surface area contributed by atoms with Crippen molar-refractivity contribution in [1.29, 1.82) is 0 Å². The average Bonchev–Trinajstić information content (AvgIpc) is 3.15. The van der Waals surface area contributed by atoms with Crippen LogP contribution in [0.5, 0.6) is 0 Å². The van der Waals surface area contributed by atoms with E-state index in [9.17, 15) is 14.7 Å². The van der Waals surface area contributed by atoms with E-state index in [-0.39, 0.29) is 5.91 Å². The Kier molecular flexibility index (Phi) is 5.83. The highest BCUT2D eigenvalue weighted by atomic mass is 16.4. The first kappa shape index (κ1) is 19.7. The Hall–Kier alpha value is -3.08. The summed E-state index contributed by atoms with van der Waals surface area (Å²) < 4.78 is 0. The van der Waals surface area contributed by atoms with E-state index >= 15 is 0 Å². The van der Waals surface area contributed by atoms with Crippen LogP contribution in [-0.4, -0.2) is 42.0 Å². The number of amides is 1. The minimum Gasteiger partial charge on any atom is -0.477 e. The predicted molar refractivity (Wildman–Crippen MR) is 112 cm³/mol. The van der Waals surface area contributed by atoms with Crippen LogP contribution in [-0.2, 0) is 9.59 Å². The zero-order valence-corrected chi connectivity index (χ0v) is 16.6. The molecule has 146 valence electrons. The fraction of sp³-hybridized carbons (Fsp3) is 0.304. The summed E-state index contributed by atoms with van der Waals surface area (Å²) in [5, 5.41) is 11.2. The molecule has 2 aromatic rings. The van der Waals surface area contributed by atoms with Gasteiger partial charge >= 0.3 is 5.97 Å². The molecular weight excluding hydrogens is 352 g/mol. The van der Waals surface area contributed by atoms with Crippen molar-refractivity contribution in [2.45, 2.75) is 26.7 Å². The van der Waals surface area contributed by atoms with Crippen molar-refractivity contribution in [2.24, 2.45) is 0 Å². The zero-order valence-electron chi connectivity index (χ0n) is 16.6. The van der Waals surface area contributed by atoms with Crippen molar-refractivity contribution in [1.82, 2.24) is 4.90 Å². The predicted octanol–water partition coefficient (Wildman–Crippen LogP) is 2.43. The molecular formula is C23H26N2O3. The molecule has 0 spiro atoms. The molecule has 28 heavy (non-hydrogen) atoms. The van der Waals surface area contributed by atoms with Crippen LogP contribution < -0.4 is 15.3 Å². The van der Waals surface area contributed by atoms with E-state index in [0.29, 0.717) is 18.7 Å². The Morgan fingerprint density at radius 1 is 1.04 bits per heavy atom. The highest BCUT2D eigenvalue weighted by molar-refractivity contribution is 6.07. The van der Waals surface area contributed by atoms with Gasteiger partial charge in [-0.25, -0.2) is 4.79 Å². The molecule has 2 aromatic carbocycles. The number of anilines is 1. The van der Waals surface area contributed by atoms with Crippen LogP contribution in [0.3, 0.4) is 0 Å². The Bertz CT molecular complexity index is 1010. The number of carbonyl (C=O) groups excluding carboxylic acids is 1. The van der Waals surface area contributed by atoms with Crippen molar-refractivity contribution in [2.75, 3.05) is 25.0 Å². The van der Waals surface area contributed by atoms with E-state index in [4.69, 9.17) is 0 Å². The molecule has 0 bridgehead atoms. The molecule has 1 saturated heterocycles. The largest absolute Gasteiger partial charge is 0.477 e. The second-order valence-corrected chi connectivity index (χ2v) is 6.74. The van der Waals surface area contributed by atoms with Crippen LogP contribution in [0.2, 0.25) is 0 Å². The molecule has 0 unspecified atom stereocenters. The maximum atomic E-state index is 11.9. The first-order valence-electron chi connectivity index (χ1n) is 9.74. The minimum absolute atomic E-state index is 0.182. The third-order valence-corrected chi connectivity index (χ3v) is 5.06. The molecule has 1 N–H and O–H groups in total. The number of carboxylic acids is 1. The Morgan fingerprint density at radius 3 is 2.32 bits per heavy atom. The number of carboxylic acid groups (broad SMARTS) is 1. The molecule has 0 saturated carbocycles. The molecule has 1 amide bonds. The van der Waals surface area contributed by atoms with Crippen molar-refractivity contribution in [3.63, 3.8) is 0 Å². The van der Waals surface area contributed by atoms with Crippen molar-refractivity contribution in [3.05, 3.63) is 52.9 Å². The summed E-state index contributed by atoms with van der Waals surface area (Å²) in [5.41, 5.74) is 3.35. The number of hydrogen-bond acceptors (Lipinski definition) is 3. The molecule has 4 rings (SSSR count). The van der Waals surface area contributed by atoms with E-state index in [1.54, 1.807) is 11.9 Å². The van der Waals surface area contributed by atoms with Gasteiger partial charge in [0, 0.05) is 37.5 Å². The van der Waals surface area contributed by atoms with Crippen LogP contribution in [0.15, 0.2) is 42.5 Å². The van der Waals surface area contributed by atoms with Crippen LogP contribution in [0.4, 0.5) is 5.69 Å². The lowest BCUT2D eigenvalue weighted by atomic mass is 10.0. The maximum absolute atomic E-state index is 11.9. The van der Waals surface area contributed by atoms with Crippen molar-refractivity contribution >= 4 is 29.3 Å². The van der Waals surface area contributed by atoms with Gasteiger partial charge in [0.15, 0.2) is 0 Å². The van der Waals surface area contributed by atoms with E-state index < -0.39 is 5.97 Å². The summed E-state index contributed by atoms with van der Waals surface area (Å²) in [6.45, 7) is 5.36. The van der Waals surface area contributed by atoms with Crippen LogP contribution in [0, 0.1) is 0 Å². The van der Waals surface area contributed by atoms with Gasteiger partial charge in [-0.1, -0.05) is 44.2 Å². The molecule has 0 radical (unpaired) electrons. The second kappa shape index (κ2) is 8.30. The lowest BCUT2D eigenvalue weighted by molar-refractivity contribution is -0.131. The van der Waals surface area contributed by atoms with E-state index in [0.717, 1.165) is 40.2 Å². The van der Waals surface area contributed by atoms with Gasteiger partial charge in [-0.2, -0.15) is 0 Å². The lowest BCUT2D eigenvalue weighted by Gasteiger charge is -2.21. The van der Waals surface area contributed by atoms with Gasteiger partial charge in [-0.3, -0.25) is 4.79 Å². The number of hydrogen-bond donors (Lipinski definition) is 1. The SMILES string of the molecule is CC.CN1CC=c2cc(-c3ccc(N4CCCC4=O)cc3)ccc2=C1C(=O)O. The smallest absolute Gasteiger partial charge is 0.352 e. The number of rotatable bonds is 3. The molecule has 5 heteroatoms. The topological polar surface area (TPSA) is 60.9 Å². The highest BCUT2D eigenvalue weighted by Gasteiger charge is 2.21. The minimum atomic E-state index is -0.908. The van der Waals surface area contributed by atoms with Gasteiger partial charge in [0.25, 0.3) is 0 Å². The van der Waals surface area contributed by atoms with Crippen LogP contribution in [0.1, 0.15) is 26.7 Å². The first-order valence-corrected chi connectivity index (χ1v) is 9.74. The third-order valence-electron chi connectivity index (χ3n) is 5.06. The molecule has 2 aliphatic rings. The molecule has 0 aliphatic carbocycles. The molecule has 0 aromatic heterocycles. The van der Waals surface area contributed by atoms with E-state index in [1.165, 1.54) is 0 Å². The number of carbonyl (C=O) groups is 2. The Balaban J connectivity index is 0.00000109. The van der Waals surface area contributed by atoms with Gasteiger partial charge in [-0.05, 0) is 41.0 Å². The lowest BCUT2D eigenvalue weighted by Crippen LogP contribution is -2.41. The first-order chi connectivity index (χ1) is 13.5. The maximum Gasteiger partial charge on any atom is 0.352 e. The van der Waals surface area contributed by atoms with Gasteiger partial charge in [0.2, 0.25) is 5.91 Å². The van der Waals surface area contributed by atoms with Crippen LogP contribution in [0.25, 0.3) is 22.9 Å². The fourth-order valence-corrected chi connectivity index (χ4v) is 3.69. The monoisotopic (exact) mass is 378 g/mol. The highest BCUT2D eigenvalue weighted by Crippen LogP contribution is 2.25. The Labute approximate surface area is 165 Å². The number of likely N-dealkylation sites (N-methyl/N-ethyl adjacent to an activating group) is 1. The molecule has 2 heterocycles. The number of aliphatic carboxylic acids is 1.